The molecule has 6 rings (SSSR count). The van der Waals surface area contributed by atoms with Crippen LogP contribution in [0.1, 0.15) is 63.5 Å². The number of hydrogen-bond donors (Lipinski definition) is 3. The molecule has 2 saturated carbocycles. The Balaban J connectivity index is 1.24. The minimum atomic E-state index is -4.64. The molecule has 0 saturated heterocycles. The Morgan fingerprint density at radius 2 is 1.72 bits per heavy atom. The highest BCUT2D eigenvalue weighted by Gasteiger charge is 2.38. The second kappa shape index (κ2) is 12.0. The van der Waals surface area contributed by atoms with Crippen LogP contribution < -0.4 is 10.6 Å². The van der Waals surface area contributed by atoms with E-state index in [-0.39, 0.29) is 28.0 Å². The van der Waals surface area contributed by atoms with E-state index in [0.29, 0.717) is 41.3 Å². The molecule has 4 heterocycles. The van der Waals surface area contributed by atoms with Crippen molar-refractivity contribution >= 4 is 27.3 Å². The van der Waals surface area contributed by atoms with Crippen LogP contribution in [0.3, 0.4) is 0 Å². The number of hydrogen-bond acceptors (Lipinski definition) is 10. The van der Waals surface area contributed by atoms with Gasteiger partial charge in [-0.3, -0.25) is 0 Å². The molecule has 12 nitrogen and oxygen atoms in total. The van der Waals surface area contributed by atoms with Gasteiger partial charge in [-0.15, -0.1) is 13.2 Å². The standard InChI is InChI=1S/C30H32F3N9O3S/c1-29(2,43)22-5-7-23(8-6-22)38-25-13-27(35-15-20(25)4-3-19-14-36-41(17-19)30(31,32)33)39-26-11-12-34-28(40-26)21-16-37-42(18-21)46(44,45)24-9-10-24/h11-18,22-24,43H,5-10H2,1-2H3,(H2,34,35,38,39,40). The Labute approximate surface area is 263 Å². The fraction of sp³-hybridized carbons (Fsp3) is 0.433. The van der Waals surface area contributed by atoms with Gasteiger partial charge < -0.3 is 15.7 Å². The maximum atomic E-state index is 13.0. The zero-order valence-corrected chi connectivity index (χ0v) is 25.8. The van der Waals surface area contributed by atoms with Crippen molar-refractivity contribution < 1.29 is 26.7 Å². The largest absolute Gasteiger partial charge is 0.504 e. The van der Waals surface area contributed by atoms with Crippen molar-refractivity contribution in [1.82, 2.24) is 33.9 Å². The number of alkyl halides is 3. The molecule has 4 aromatic rings. The topological polar surface area (TPSA) is 153 Å². The van der Waals surface area contributed by atoms with Crippen LogP contribution in [0.25, 0.3) is 11.4 Å². The van der Waals surface area contributed by atoms with Gasteiger partial charge in [0.2, 0.25) is 0 Å². The van der Waals surface area contributed by atoms with E-state index in [1.165, 1.54) is 24.8 Å². The Morgan fingerprint density at radius 3 is 2.39 bits per heavy atom. The summed E-state index contributed by atoms with van der Waals surface area (Å²) in [7, 11) is -3.53. The number of pyridine rings is 1. The van der Waals surface area contributed by atoms with Crippen molar-refractivity contribution in [2.24, 2.45) is 5.92 Å². The van der Waals surface area contributed by atoms with E-state index in [4.69, 9.17) is 0 Å². The summed E-state index contributed by atoms with van der Waals surface area (Å²) in [6.07, 6.45) is 7.58. The molecule has 0 radical (unpaired) electrons. The molecule has 46 heavy (non-hydrogen) atoms. The van der Waals surface area contributed by atoms with Gasteiger partial charge in [0.05, 0.1) is 51.8 Å². The smallest absolute Gasteiger partial charge is 0.390 e. The monoisotopic (exact) mass is 655 g/mol. The van der Waals surface area contributed by atoms with E-state index in [9.17, 15) is 26.7 Å². The molecule has 2 aliphatic rings. The lowest BCUT2D eigenvalue weighted by atomic mass is 9.77. The summed E-state index contributed by atoms with van der Waals surface area (Å²) in [5.41, 5.74) is 0.863. The van der Waals surface area contributed by atoms with Gasteiger partial charge in [-0.1, -0.05) is 11.8 Å². The second-order valence-electron chi connectivity index (χ2n) is 12.1. The molecule has 4 aromatic heterocycles. The van der Waals surface area contributed by atoms with Crippen molar-refractivity contribution in [3.05, 3.63) is 60.4 Å². The fourth-order valence-electron chi connectivity index (χ4n) is 5.35. The number of aliphatic hydroxyl groups is 1. The maximum Gasteiger partial charge on any atom is 0.504 e. The van der Waals surface area contributed by atoms with Crippen LogP contribution in [0.15, 0.2) is 49.3 Å². The molecular formula is C30H32F3N9O3S. The molecular weight excluding hydrogens is 623 g/mol. The van der Waals surface area contributed by atoms with Gasteiger partial charge in [0.25, 0.3) is 10.0 Å². The normalized spacial score (nSPS) is 18.9. The van der Waals surface area contributed by atoms with Crippen LogP contribution in [0.2, 0.25) is 0 Å². The fourth-order valence-corrected chi connectivity index (χ4v) is 6.83. The quantitative estimate of drug-likeness (QED) is 0.229. The van der Waals surface area contributed by atoms with E-state index in [1.807, 2.05) is 13.8 Å². The number of nitrogens with one attached hydrogen (secondary N) is 2. The van der Waals surface area contributed by atoms with Crippen molar-refractivity contribution in [2.75, 3.05) is 10.6 Å². The minimum Gasteiger partial charge on any atom is -0.390 e. The Morgan fingerprint density at radius 1 is 0.957 bits per heavy atom. The lowest BCUT2D eigenvalue weighted by molar-refractivity contribution is -0.212. The van der Waals surface area contributed by atoms with Gasteiger partial charge in [0.1, 0.15) is 11.6 Å². The second-order valence-corrected chi connectivity index (χ2v) is 14.2. The van der Waals surface area contributed by atoms with Crippen LogP contribution >= 0.6 is 0 Å². The third-order valence-electron chi connectivity index (χ3n) is 8.11. The number of rotatable bonds is 8. The van der Waals surface area contributed by atoms with Gasteiger partial charge in [0.15, 0.2) is 5.82 Å². The average molecular weight is 656 g/mol. The van der Waals surface area contributed by atoms with Crippen LogP contribution in [-0.4, -0.2) is 64.3 Å². The zero-order valence-electron chi connectivity index (χ0n) is 25.0. The molecule has 0 amide bonds. The SMILES string of the molecule is CC(C)(O)C1CCC(Nc2cc(Nc3ccnc(-c4cnn(S(=O)(=O)C5CC5)c4)n3)ncc2C#Cc2cnn(C(F)(F)F)c2)CC1. The molecule has 16 heteroatoms. The summed E-state index contributed by atoms with van der Waals surface area (Å²) >= 11 is 0. The summed E-state index contributed by atoms with van der Waals surface area (Å²) in [5, 5.41) is 24.0. The van der Waals surface area contributed by atoms with E-state index >= 15 is 0 Å². The molecule has 0 aliphatic heterocycles. The molecule has 2 fully saturated rings. The number of anilines is 3. The lowest BCUT2D eigenvalue weighted by Crippen LogP contribution is -2.37. The van der Waals surface area contributed by atoms with Crippen molar-refractivity contribution in [3.63, 3.8) is 0 Å². The molecule has 0 aromatic carbocycles. The third kappa shape index (κ3) is 7.15. The van der Waals surface area contributed by atoms with Gasteiger partial charge in [-0.05, 0) is 64.4 Å². The maximum absolute atomic E-state index is 13.0. The van der Waals surface area contributed by atoms with Crippen molar-refractivity contribution in [3.8, 4) is 23.2 Å². The lowest BCUT2D eigenvalue weighted by Gasteiger charge is -2.36. The van der Waals surface area contributed by atoms with E-state index < -0.39 is 27.2 Å². The molecule has 3 N–H and O–H groups in total. The van der Waals surface area contributed by atoms with Crippen molar-refractivity contribution in [1.29, 1.82) is 0 Å². The highest BCUT2D eigenvalue weighted by molar-refractivity contribution is 7.90. The average Bonchev–Trinajstić information content (AvgIpc) is 3.54. The van der Waals surface area contributed by atoms with Gasteiger partial charge in [-0.25, -0.2) is 23.4 Å². The summed E-state index contributed by atoms with van der Waals surface area (Å²) in [6, 6.07) is 3.46. The molecule has 0 atom stereocenters. The Hall–Kier alpha value is -4.49. The van der Waals surface area contributed by atoms with Crippen LogP contribution in [0.5, 0.6) is 0 Å². The zero-order chi connectivity index (χ0) is 32.7. The van der Waals surface area contributed by atoms with E-state index in [0.717, 1.165) is 42.2 Å². The first-order valence-electron chi connectivity index (χ1n) is 14.8. The first kappa shape index (κ1) is 31.5. The highest BCUT2D eigenvalue weighted by Crippen LogP contribution is 2.35. The third-order valence-corrected chi connectivity index (χ3v) is 10.1. The first-order chi connectivity index (χ1) is 21.8. The Kier molecular flexibility index (Phi) is 8.23. The van der Waals surface area contributed by atoms with Crippen LogP contribution in [-0.2, 0) is 16.3 Å². The van der Waals surface area contributed by atoms with E-state index in [2.05, 4.69) is 47.6 Å². The molecule has 2 aliphatic carbocycles. The predicted octanol–water partition coefficient (Wildman–Crippen LogP) is 4.63. The predicted molar refractivity (Wildman–Crippen MR) is 163 cm³/mol. The van der Waals surface area contributed by atoms with Gasteiger partial charge >= 0.3 is 6.30 Å². The number of nitrogens with zero attached hydrogens (tertiary/aromatic N) is 7. The van der Waals surface area contributed by atoms with Gasteiger partial charge in [-0.2, -0.15) is 19.0 Å². The minimum absolute atomic E-state index is 0.0801. The van der Waals surface area contributed by atoms with Crippen molar-refractivity contribution in [2.45, 2.75) is 75.6 Å². The van der Waals surface area contributed by atoms with Crippen LogP contribution in [0, 0.1) is 17.8 Å². The van der Waals surface area contributed by atoms with Gasteiger partial charge in [0, 0.05) is 30.7 Å². The summed E-state index contributed by atoms with van der Waals surface area (Å²) < 4.78 is 64.9. The molecule has 0 spiro atoms. The highest BCUT2D eigenvalue weighted by atomic mass is 32.2. The summed E-state index contributed by atoms with van der Waals surface area (Å²) in [4.78, 5) is 13.2. The number of aromatic nitrogens is 7. The van der Waals surface area contributed by atoms with E-state index in [1.54, 1.807) is 12.1 Å². The molecule has 0 bridgehead atoms. The summed E-state index contributed by atoms with van der Waals surface area (Å²) in [6.45, 7) is 3.64. The molecule has 0 unspecified atom stereocenters. The van der Waals surface area contributed by atoms with Crippen LogP contribution in [0.4, 0.5) is 30.5 Å². The Bertz CT molecular complexity index is 1890. The number of halogens is 3. The summed E-state index contributed by atoms with van der Waals surface area (Å²) in [5.74, 6) is 6.91. The molecule has 242 valence electrons. The first-order valence-corrected chi connectivity index (χ1v) is 16.3.